The molecule has 2 rings (SSSR count). The number of carboxylic acid groups (broad SMARTS) is 1. The van der Waals surface area contributed by atoms with Crippen molar-refractivity contribution < 1.29 is 19.7 Å². The number of hydrogen-bond donors (Lipinski definition) is 2. The zero-order valence-electron chi connectivity index (χ0n) is 8.86. The van der Waals surface area contributed by atoms with Gasteiger partial charge in [-0.1, -0.05) is 6.08 Å². The van der Waals surface area contributed by atoms with Crippen molar-refractivity contribution in [1.29, 1.82) is 0 Å². The molecule has 0 spiro atoms. The van der Waals surface area contributed by atoms with Crippen LogP contribution in [0.4, 0.5) is 0 Å². The first kappa shape index (κ1) is 10.5. The highest BCUT2D eigenvalue weighted by molar-refractivity contribution is 5.89. The average Bonchev–Trinajstić information content (AvgIpc) is 2.41. The molecule has 0 amide bonds. The molecule has 4 nitrogen and oxygen atoms in total. The van der Waals surface area contributed by atoms with Gasteiger partial charge >= 0.3 is 5.97 Å². The lowest BCUT2D eigenvalue weighted by Gasteiger charge is -2.10. The third-order valence-electron chi connectivity index (χ3n) is 2.51. The SMILES string of the molecule is CC1=CCc2cc(C(=O)O)cc(O)c2OC1. The number of rotatable bonds is 1. The van der Waals surface area contributed by atoms with Crippen LogP contribution in [0.25, 0.3) is 0 Å². The van der Waals surface area contributed by atoms with E-state index in [9.17, 15) is 9.90 Å². The van der Waals surface area contributed by atoms with Crippen molar-refractivity contribution in [2.45, 2.75) is 13.3 Å². The van der Waals surface area contributed by atoms with Gasteiger partial charge in [0.1, 0.15) is 6.61 Å². The summed E-state index contributed by atoms with van der Waals surface area (Å²) in [6.07, 6.45) is 2.55. The maximum atomic E-state index is 10.8. The van der Waals surface area contributed by atoms with Gasteiger partial charge < -0.3 is 14.9 Å². The highest BCUT2D eigenvalue weighted by atomic mass is 16.5. The minimum absolute atomic E-state index is 0.0767. The fourth-order valence-electron chi connectivity index (χ4n) is 1.64. The normalized spacial score (nSPS) is 14.4. The molecule has 0 radical (unpaired) electrons. The van der Waals surface area contributed by atoms with E-state index in [0.29, 0.717) is 24.3 Å². The maximum absolute atomic E-state index is 10.8. The van der Waals surface area contributed by atoms with Gasteiger partial charge in [-0.15, -0.1) is 0 Å². The Kier molecular flexibility index (Phi) is 2.56. The van der Waals surface area contributed by atoms with Gasteiger partial charge in [0.25, 0.3) is 0 Å². The molecule has 0 atom stereocenters. The van der Waals surface area contributed by atoms with E-state index < -0.39 is 5.97 Å². The Morgan fingerprint density at radius 1 is 1.44 bits per heavy atom. The number of benzene rings is 1. The number of carbonyl (C=O) groups is 1. The minimum Gasteiger partial charge on any atom is -0.504 e. The number of aromatic carboxylic acids is 1. The molecule has 2 N–H and O–H groups in total. The van der Waals surface area contributed by atoms with Gasteiger partial charge in [-0.2, -0.15) is 0 Å². The van der Waals surface area contributed by atoms with Crippen LogP contribution in [0.3, 0.4) is 0 Å². The van der Waals surface area contributed by atoms with E-state index in [1.165, 1.54) is 12.1 Å². The first-order chi connectivity index (χ1) is 7.58. The van der Waals surface area contributed by atoms with E-state index in [1.807, 2.05) is 13.0 Å². The van der Waals surface area contributed by atoms with Crippen molar-refractivity contribution in [2.75, 3.05) is 6.61 Å². The summed E-state index contributed by atoms with van der Waals surface area (Å²) in [5.41, 5.74) is 1.84. The Morgan fingerprint density at radius 3 is 2.88 bits per heavy atom. The molecule has 1 aromatic rings. The van der Waals surface area contributed by atoms with E-state index in [0.717, 1.165) is 5.57 Å². The van der Waals surface area contributed by atoms with Crippen LogP contribution in [-0.2, 0) is 6.42 Å². The lowest BCUT2D eigenvalue weighted by Crippen LogP contribution is -2.01. The summed E-state index contributed by atoms with van der Waals surface area (Å²) >= 11 is 0. The largest absolute Gasteiger partial charge is 0.504 e. The second kappa shape index (κ2) is 3.89. The van der Waals surface area contributed by atoms with Crippen molar-refractivity contribution >= 4 is 5.97 Å². The summed E-state index contributed by atoms with van der Waals surface area (Å²) in [5, 5.41) is 18.6. The van der Waals surface area contributed by atoms with Crippen LogP contribution in [-0.4, -0.2) is 22.8 Å². The average molecular weight is 220 g/mol. The standard InChI is InChI=1S/C12H12O4/c1-7-2-3-8-4-9(12(14)15)5-10(13)11(8)16-6-7/h2,4-5,13H,3,6H2,1H3,(H,14,15). The third-order valence-corrected chi connectivity index (χ3v) is 2.51. The molecule has 0 aliphatic carbocycles. The molecule has 1 aromatic carbocycles. The highest BCUT2D eigenvalue weighted by Crippen LogP contribution is 2.34. The quantitative estimate of drug-likeness (QED) is 0.710. The number of allylic oxidation sites excluding steroid dienone is 1. The molecule has 1 aliphatic rings. The van der Waals surface area contributed by atoms with E-state index in [-0.39, 0.29) is 11.3 Å². The van der Waals surface area contributed by atoms with E-state index in [4.69, 9.17) is 9.84 Å². The zero-order chi connectivity index (χ0) is 11.7. The summed E-state index contributed by atoms with van der Waals surface area (Å²) in [5.74, 6) is -0.779. The first-order valence-corrected chi connectivity index (χ1v) is 4.95. The number of aromatic hydroxyl groups is 1. The number of ether oxygens (including phenoxy) is 1. The summed E-state index contributed by atoms with van der Waals surface area (Å²) in [6, 6.07) is 2.74. The molecule has 0 saturated heterocycles. The molecule has 0 bridgehead atoms. The van der Waals surface area contributed by atoms with Gasteiger partial charge in [-0.05, 0) is 31.1 Å². The topological polar surface area (TPSA) is 66.8 Å². The minimum atomic E-state index is -1.05. The number of carboxylic acids is 1. The smallest absolute Gasteiger partial charge is 0.335 e. The second-order valence-corrected chi connectivity index (χ2v) is 3.83. The van der Waals surface area contributed by atoms with Crippen LogP contribution >= 0.6 is 0 Å². The van der Waals surface area contributed by atoms with Crippen molar-refractivity contribution in [3.63, 3.8) is 0 Å². The molecular weight excluding hydrogens is 208 g/mol. The number of phenols is 1. The lowest BCUT2D eigenvalue weighted by molar-refractivity contribution is 0.0696. The molecule has 1 aliphatic heterocycles. The summed E-state index contributed by atoms with van der Waals surface area (Å²) in [4.78, 5) is 10.8. The molecule has 0 aromatic heterocycles. The molecule has 84 valence electrons. The van der Waals surface area contributed by atoms with E-state index in [1.54, 1.807) is 0 Å². The number of fused-ring (bicyclic) bond motifs is 1. The van der Waals surface area contributed by atoms with Gasteiger partial charge in [0.2, 0.25) is 0 Å². The lowest BCUT2D eigenvalue weighted by atomic mass is 10.1. The third kappa shape index (κ3) is 1.86. The molecule has 4 heteroatoms. The van der Waals surface area contributed by atoms with Crippen LogP contribution in [0.2, 0.25) is 0 Å². The predicted molar refractivity (Wildman–Crippen MR) is 58.0 cm³/mol. The fourth-order valence-corrected chi connectivity index (χ4v) is 1.64. The molecule has 0 fully saturated rings. The number of phenolic OH excluding ortho intramolecular Hbond substituents is 1. The van der Waals surface area contributed by atoms with Crippen molar-refractivity contribution in [3.05, 3.63) is 34.9 Å². The maximum Gasteiger partial charge on any atom is 0.335 e. The van der Waals surface area contributed by atoms with Crippen LogP contribution in [0.1, 0.15) is 22.8 Å². The predicted octanol–water partition coefficient (Wildman–Crippen LogP) is 1.97. The summed E-state index contributed by atoms with van der Waals surface area (Å²) in [7, 11) is 0. The second-order valence-electron chi connectivity index (χ2n) is 3.83. The van der Waals surface area contributed by atoms with Crippen LogP contribution < -0.4 is 4.74 Å². The van der Waals surface area contributed by atoms with Crippen LogP contribution in [0, 0.1) is 0 Å². The van der Waals surface area contributed by atoms with Gasteiger partial charge in [0.15, 0.2) is 11.5 Å². The molecule has 0 unspecified atom stereocenters. The molecule has 0 saturated carbocycles. The molecular formula is C12H12O4. The molecule has 16 heavy (non-hydrogen) atoms. The Bertz CT molecular complexity index is 474. The highest BCUT2D eigenvalue weighted by Gasteiger charge is 2.16. The van der Waals surface area contributed by atoms with Crippen molar-refractivity contribution in [1.82, 2.24) is 0 Å². The molecule has 1 heterocycles. The Labute approximate surface area is 92.8 Å². The Balaban J connectivity index is 2.49. The number of hydrogen-bond acceptors (Lipinski definition) is 3. The van der Waals surface area contributed by atoms with E-state index >= 15 is 0 Å². The first-order valence-electron chi connectivity index (χ1n) is 4.95. The van der Waals surface area contributed by atoms with Gasteiger partial charge in [0, 0.05) is 5.56 Å². The van der Waals surface area contributed by atoms with Gasteiger partial charge in [0.05, 0.1) is 5.56 Å². The zero-order valence-corrected chi connectivity index (χ0v) is 8.86. The van der Waals surface area contributed by atoms with Crippen molar-refractivity contribution in [3.8, 4) is 11.5 Å². The van der Waals surface area contributed by atoms with Gasteiger partial charge in [-0.25, -0.2) is 4.79 Å². The Hall–Kier alpha value is -1.97. The monoisotopic (exact) mass is 220 g/mol. The van der Waals surface area contributed by atoms with Crippen molar-refractivity contribution in [2.24, 2.45) is 0 Å². The summed E-state index contributed by atoms with van der Waals surface area (Å²) < 4.78 is 5.42. The van der Waals surface area contributed by atoms with Crippen LogP contribution in [0.15, 0.2) is 23.8 Å². The van der Waals surface area contributed by atoms with E-state index in [2.05, 4.69) is 0 Å². The van der Waals surface area contributed by atoms with Gasteiger partial charge in [-0.3, -0.25) is 0 Å². The Morgan fingerprint density at radius 2 is 2.19 bits per heavy atom. The fraction of sp³-hybridized carbons (Fsp3) is 0.250. The summed E-state index contributed by atoms with van der Waals surface area (Å²) in [6.45, 7) is 2.36. The van der Waals surface area contributed by atoms with Crippen LogP contribution in [0.5, 0.6) is 11.5 Å².